The quantitative estimate of drug-likeness (QED) is 0.381. The lowest BCUT2D eigenvalue weighted by molar-refractivity contribution is 0.601. The zero-order valence-electron chi connectivity index (χ0n) is 18.1. The molecule has 0 unspecified atom stereocenters. The van der Waals surface area contributed by atoms with Crippen LogP contribution >= 0.6 is 0 Å². The number of rotatable bonds is 7. The van der Waals surface area contributed by atoms with Crippen molar-refractivity contribution < 1.29 is 8.42 Å². The molecular weight excluding hydrogens is 422 g/mol. The SMILES string of the molecule is CNc1ccc(S(=O)(=O)Nc2ccc(-c3cc(NC)n(-c4ccc(C)cc4)n3)cc2)cc1. The summed E-state index contributed by atoms with van der Waals surface area (Å²) in [6.07, 6.45) is 0. The molecule has 0 aliphatic rings. The van der Waals surface area contributed by atoms with Crippen molar-refractivity contribution in [3.63, 3.8) is 0 Å². The second kappa shape index (κ2) is 8.76. The fourth-order valence-electron chi connectivity index (χ4n) is 3.31. The second-order valence-corrected chi connectivity index (χ2v) is 9.05. The molecule has 3 aromatic carbocycles. The van der Waals surface area contributed by atoms with Crippen molar-refractivity contribution in [2.75, 3.05) is 29.5 Å². The highest BCUT2D eigenvalue weighted by molar-refractivity contribution is 7.92. The van der Waals surface area contributed by atoms with Crippen molar-refractivity contribution in [2.24, 2.45) is 0 Å². The predicted octanol–water partition coefficient (Wildman–Crippen LogP) is 4.73. The molecule has 164 valence electrons. The Balaban J connectivity index is 1.56. The number of hydrogen-bond acceptors (Lipinski definition) is 5. The molecule has 0 fully saturated rings. The maximum atomic E-state index is 12.7. The van der Waals surface area contributed by atoms with Crippen LogP contribution in [-0.2, 0) is 10.0 Å². The first-order valence-corrected chi connectivity index (χ1v) is 11.6. The Morgan fingerprint density at radius 3 is 2.00 bits per heavy atom. The highest BCUT2D eigenvalue weighted by Crippen LogP contribution is 2.27. The van der Waals surface area contributed by atoms with Crippen LogP contribution in [-0.4, -0.2) is 32.3 Å². The molecule has 32 heavy (non-hydrogen) atoms. The summed E-state index contributed by atoms with van der Waals surface area (Å²) in [6.45, 7) is 2.05. The Labute approximate surface area is 188 Å². The smallest absolute Gasteiger partial charge is 0.261 e. The van der Waals surface area contributed by atoms with Gasteiger partial charge in [0, 0.05) is 37.1 Å². The Bertz CT molecular complexity index is 1310. The first-order chi connectivity index (χ1) is 15.4. The monoisotopic (exact) mass is 447 g/mol. The maximum Gasteiger partial charge on any atom is 0.261 e. The average molecular weight is 448 g/mol. The molecule has 3 N–H and O–H groups in total. The third-order valence-corrected chi connectivity index (χ3v) is 6.53. The Hall–Kier alpha value is -3.78. The minimum atomic E-state index is -3.67. The van der Waals surface area contributed by atoms with Crippen LogP contribution in [0.2, 0.25) is 0 Å². The number of aryl methyl sites for hydroxylation is 1. The van der Waals surface area contributed by atoms with Crippen molar-refractivity contribution in [1.82, 2.24) is 9.78 Å². The zero-order valence-corrected chi connectivity index (χ0v) is 18.9. The molecule has 4 rings (SSSR count). The van der Waals surface area contributed by atoms with E-state index in [1.54, 1.807) is 43.4 Å². The molecule has 0 saturated carbocycles. The summed E-state index contributed by atoms with van der Waals surface area (Å²) in [5, 5.41) is 10.9. The summed E-state index contributed by atoms with van der Waals surface area (Å²) in [6, 6.07) is 23.8. The van der Waals surface area contributed by atoms with E-state index in [1.165, 1.54) is 5.56 Å². The Kier molecular flexibility index (Phi) is 5.87. The molecule has 0 aliphatic carbocycles. The summed E-state index contributed by atoms with van der Waals surface area (Å²) < 4.78 is 29.8. The van der Waals surface area contributed by atoms with Gasteiger partial charge in [0.05, 0.1) is 16.3 Å². The summed E-state index contributed by atoms with van der Waals surface area (Å²) in [7, 11) is -0.0314. The van der Waals surface area contributed by atoms with Crippen molar-refractivity contribution >= 4 is 27.2 Å². The molecule has 1 aromatic heterocycles. The van der Waals surface area contributed by atoms with Crippen molar-refractivity contribution in [2.45, 2.75) is 11.8 Å². The van der Waals surface area contributed by atoms with Crippen LogP contribution in [0.3, 0.4) is 0 Å². The number of nitrogens with zero attached hydrogens (tertiary/aromatic N) is 2. The first kappa shape index (κ1) is 21.5. The lowest BCUT2D eigenvalue weighted by Gasteiger charge is -2.09. The lowest BCUT2D eigenvalue weighted by Crippen LogP contribution is -2.12. The third-order valence-electron chi connectivity index (χ3n) is 5.13. The molecular formula is C24H25N5O2S. The number of nitrogens with one attached hydrogen (secondary N) is 3. The van der Waals surface area contributed by atoms with E-state index in [2.05, 4.69) is 15.4 Å². The minimum Gasteiger partial charge on any atom is -0.388 e. The minimum absolute atomic E-state index is 0.205. The molecule has 1 heterocycles. The lowest BCUT2D eigenvalue weighted by atomic mass is 10.1. The Morgan fingerprint density at radius 2 is 1.41 bits per heavy atom. The molecule has 0 radical (unpaired) electrons. The normalized spacial score (nSPS) is 11.2. The van der Waals surface area contributed by atoms with E-state index in [0.717, 1.165) is 28.5 Å². The van der Waals surface area contributed by atoms with E-state index in [9.17, 15) is 8.42 Å². The van der Waals surface area contributed by atoms with Crippen molar-refractivity contribution in [1.29, 1.82) is 0 Å². The summed E-state index contributed by atoms with van der Waals surface area (Å²) >= 11 is 0. The van der Waals surface area contributed by atoms with Crippen LogP contribution in [0.15, 0.2) is 83.8 Å². The predicted molar refractivity (Wildman–Crippen MR) is 130 cm³/mol. The van der Waals surface area contributed by atoms with Crippen LogP contribution in [0.1, 0.15) is 5.56 Å². The van der Waals surface area contributed by atoms with Gasteiger partial charge in [-0.05, 0) is 55.5 Å². The summed E-state index contributed by atoms with van der Waals surface area (Å²) in [5.41, 5.74) is 5.14. The molecule has 8 heteroatoms. The molecule has 0 atom stereocenters. The molecule has 0 bridgehead atoms. The fourth-order valence-corrected chi connectivity index (χ4v) is 4.37. The van der Waals surface area contributed by atoms with Crippen molar-refractivity contribution in [3.05, 3.63) is 84.4 Å². The van der Waals surface area contributed by atoms with Gasteiger partial charge in [-0.25, -0.2) is 13.1 Å². The fraction of sp³-hybridized carbons (Fsp3) is 0.125. The molecule has 0 saturated heterocycles. The number of benzene rings is 3. The van der Waals surface area contributed by atoms with Crippen LogP contribution in [0.25, 0.3) is 16.9 Å². The van der Waals surface area contributed by atoms with Crippen LogP contribution in [0.4, 0.5) is 17.2 Å². The first-order valence-electron chi connectivity index (χ1n) is 10.2. The number of sulfonamides is 1. The van der Waals surface area contributed by atoms with Crippen molar-refractivity contribution in [3.8, 4) is 16.9 Å². The molecule has 4 aromatic rings. The highest BCUT2D eigenvalue weighted by atomic mass is 32.2. The van der Waals surface area contributed by atoms with Gasteiger partial charge in [0.25, 0.3) is 10.0 Å². The largest absolute Gasteiger partial charge is 0.388 e. The van der Waals surface area contributed by atoms with Gasteiger partial charge < -0.3 is 10.6 Å². The van der Waals surface area contributed by atoms with Crippen LogP contribution < -0.4 is 15.4 Å². The van der Waals surface area contributed by atoms with E-state index in [0.29, 0.717) is 5.69 Å². The van der Waals surface area contributed by atoms with Gasteiger partial charge >= 0.3 is 0 Å². The average Bonchev–Trinajstić information content (AvgIpc) is 3.24. The van der Waals surface area contributed by atoms with E-state index >= 15 is 0 Å². The molecule has 0 spiro atoms. The van der Waals surface area contributed by atoms with Gasteiger partial charge in [0.15, 0.2) is 0 Å². The summed E-state index contributed by atoms with van der Waals surface area (Å²) in [4.78, 5) is 0.205. The van der Waals surface area contributed by atoms with Gasteiger partial charge in [-0.2, -0.15) is 5.10 Å². The van der Waals surface area contributed by atoms with Crippen LogP contribution in [0.5, 0.6) is 0 Å². The molecule has 0 aliphatic heterocycles. The van der Waals surface area contributed by atoms with Gasteiger partial charge in [0.1, 0.15) is 5.82 Å². The zero-order chi connectivity index (χ0) is 22.7. The highest BCUT2D eigenvalue weighted by Gasteiger charge is 2.15. The van der Waals surface area contributed by atoms with Crippen LogP contribution in [0, 0.1) is 6.92 Å². The van der Waals surface area contributed by atoms with E-state index in [-0.39, 0.29) is 4.90 Å². The standard InChI is InChI=1S/C24H25N5O2S/c1-17-4-12-21(13-5-17)29-24(26-3)16-23(27-29)18-6-8-20(9-7-18)28-32(30,31)22-14-10-19(25-2)11-15-22/h4-16,25-26,28H,1-3H3. The number of anilines is 3. The van der Waals surface area contributed by atoms with Gasteiger partial charge in [-0.3, -0.25) is 4.72 Å². The number of aromatic nitrogens is 2. The topological polar surface area (TPSA) is 88.0 Å². The van der Waals surface area contributed by atoms with E-state index in [1.807, 2.05) is 61.1 Å². The van der Waals surface area contributed by atoms with Gasteiger partial charge in [-0.1, -0.05) is 29.8 Å². The summed E-state index contributed by atoms with van der Waals surface area (Å²) in [5.74, 6) is 0.860. The second-order valence-electron chi connectivity index (χ2n) is 7.37. The molecule has 0 amide bonds. The maximum absolute atomic E-state index is 12.7. The molecule has 7 nitrogen and oxygen atoms in total. The number of hydrogen-bond donors (Lipinski definition) is 3. The van der Waals surface area contributed by atoms with Gasteiger partial charge in [-0.15, -0.1) is 0 Å². The van der Waals surface area contributed by atoms with E-state index < -0.39 is 10.0 Å². The third kappa shape index (κ3) is 4.45. The Morgan fingerprint density at radius 1 is 0.781 bits per heavy atom. The van der Waals surface area contributed by atoms with E-state index in [4.69, 9.17) is 5.10 Å². The van der Waals surface area contributed by atoms with Gasteiger partial charge in [0.2, 0.25) is 0 Å².